The molecule has 84 valence electrons. The van der Waals surface area contributed by atoms with Crippen LogP contribution in [0, 0.1) is 0 Å². The molecule has 1 fully saturated rings. The first-order chi connectivity index (χ1) is 6.46. The van der Waals surface area contributed by atoms with Crippen molar-refractivity contribution in [2.75, 3.05) is 33.2 Å². The van der Waals surface area contributed by atoms with Crippen LogP contribution in [-0.4, -0.2) is 49.6 Å². The number of piperazine rings is 1. The number of carbonyl (C=O) groups is 1. The largest absolute Gasteiger partial charge is 0.353 e. The summed E-state index contributed by atoms with van der Waals surface area (Å²) in [6, 6.07) is 0. The van der Waals surface area contributed by atoms with Gasteiger partial charge in [0.2, 0.25) is 5.91 Å². The Morgan fingerprint density at radius 2 is 1.93 bits per heavy atom. The van der Waals surface area contributed by atoms with E-state index in [1.165, 1.54) is 0 Å². The molecule has 5 nitrogen and oxygen atoms in total. The highest BCUT2D eigenvalue weighted by Gasteiger charge is 2.34. The molecule has 0 aromatic carbocycles. The molecule has 1 saturated heterocycles. The van der Waals surface area contributed by atoms with Crippen LogP contribution in [0.1, 0.15) is 13.8 Å². The summed E-state index contributed by atoms with van der Waals surface area (Å²) in [6.45, 7) is 6.78. The molecule has 5 heteroatoms. The standard InChI is InChI=1S/C7H14N2O.C2H8N2/c1-7(2)6(10)8-4-5-9(7)3;3-1-2-4/h4-5H2,1-3H3,(H,8,10);1-4H2. The summed E-state index contributed by atoms with van der Waals surface area (Å²) in [7, 11) is 1.97. The third kappa shape index (κ3) is 3.61. The van der Waals surface area contributed by atoms with Crippen LogP contribution in [0.4, 0.5) is 0 Å². The van der Waals surface area contributed by atoms with Crippen LogP contribution >= 0.6 is 0 Å². The van der Waals surface area contributed by atoms with Gasteiger partial charge in [-0.25, -0.2) is 0 Å². The van der Waals surface area contributed by atoms with E-state index in [1.54, 1.807) is 0 Å². The number of rotatable bonds is 1. The Morgan fingerprint density at radius 3 is 2.21 bits per heavy atom. The quantitative estimate of drug-likeness (QED) is 0.495. The van der Waals surface area contributed by atoms with E-state index in [1.807, 2.05) is 20.9 Å². The molecule has 0 saturated carbocycles. The number of carbonyl (C=O) groups excluding carboxylic acids is 1. The molecule has 0 radical (unpaired) electrons. The maximum atomic E-state index is 11.2. The predicted molar refractivity (Wildman–Crippen MR) is 57.8 cm³/mol. The second-order valence-corrected chi connectivity index (χ2v) is 3.81. The first kappa shape index (κ1) is 13.4. The number of hydrogen-bond acceptors (Lipinski definition) is 4. The average molecular weight is 202 g/mol. The van der Waals surface area contributed by atoms with Crippen molar-refractivity contribution in [2.45, 2.75) is 19.4 Å². The molecule has 0 aromatic heterocycles. The van der Waals surface area contributed by atoms with Crippen molar-refractivity contribution in [2.24, 2.45) is 11.5 Å². The van der Waals surface area contributed by atoms with Crippen LogP contribution in [0.25, 0.3) is 0 Å². The van der Waals surface area contributed by atoms with Crippen LogP contribution in [0.3, 0.4) is 0 Å². The van der Waals surface area contributed by atoms with Gasteiger partial charge in [0.05, 0.1) is 5.54 Å². The molecule has 0 bridgehead atoms. The van der Waals surface area contributed by atoms with Gasteiger partial charge < -0.3 is 16.8 Å². The zero-order chi connectivity index (χ0) is 11.2. The minimum absolute atomic E-state index is 0.126. The fourth-order valence-corrected chi connectivity index (χ4v) is 1.01. The summed E-state index contributed by atoms with van der Waals surface area (Å²) in [5, 5.41) is 2.82. The maximum absolute atomic E-state index is 11.2. The van der Waals surface area contributed by atoms with Crippen molar-refractivity contribution in [1.82, 2.24) is 10.2 Å². The second kappa shape index (κ2) is 5.95. The van der Waals surface area contributed by atoms with Gasteiger partial charge in [-0.2, -0.15) is 0 Å². The monoisotopic (exact) mass is 202 g/mol. The Balaban J connectivity index is 0.000000364. The minimum Gasteiger partial charge on any atom is -0.353 e. The highest BCUT2D eigenvalue weighted by molar-refractivity contribution is 5.86. The van der Waals surface area contributed by atoms with E-state index in [4.69, 9.17) is 11.5 Å². The number of likely N-dealkylation sites (N-methyl/N-ethyl adjacent to an activating group) is 1. The number of nitrogens with two attached hydrogens (primary N) is 2. The van der Waals surface area contributed by atoms with E-state index in [0.29, 0.717) is 13.1 Å². The third-order valence-electron chi connectivity index (χ3n) is 2.41. The van der Waals surface area contributed by atoms with Gasteiger partial charge in [-0.1, -0.05) is 0 Å². The van der Waals surface area contributed by atoms with Gasteiger partial charge in [0, 0.05) is 26.2 Å². The Morgan fingerprint density at radius 1 is 1.43 bits per heavy atom. The fourth-order valence-electron chi connectivity index (χ4n) is 1.01. The molecule has 0 aromatic rings. The topological polar surface area (TPSA) is 84.4 Å². The highest BCUT2D eigenvalue weighted by Crippen LogP contribution is 2.13. The van der Waals surface area contributed by atoms with E-state index in [-0.39, 0.29) is 11.4 Å². The third-order valence-corrected chi connectivity index (χ3v) is 2.41. The average Bonchev–Trinajstić information content (AvgIpc) is 2.15. The Bertz CT molecular complexity index is 180. The molecule has 1 aliphatic heterocycles. The van der Waals surface area contributed by atoms with Crippen molar-refractivity contribution in [1.29, 1.82) is 0 Å². The lowest BCUT2D eigenvalue weighted by atomic mass is 10.0. The smallest absolute Gasteiger partial charge is 0.239 e. The fraction of sp³-hybridized carbons (Fsp3) is 0.889. The molecule has 5 N–H and O–H groups in total. The molecule has 1 amide bonds. The lowest BCUT2D eigenvalue weighted by Crippen LogP contribution is -2.60. The van der Waals surface area contributed by atoms with Crippen LogP contribution in [-0.2, 0) is 4.79 Å². The van der Waals surface area contributed by atoms with Gasteiger partial charge in [-0.3, -0.25) is 9.69 Å². The molecule has 1 aliphatic rings. The first-order valence-corrected chi connectivity index (χ1v) is 4.86. The van der Waals surface area contributed by atoms with E-state index in [2.05, 4.69) is 10.2 Å². The molecule has 0 spiro atoms. The number of hydrogen-bond donors (Lipinski definition) is 3. The normalized spacial score (nSPS) is 20.8. The molecule has 0 unspecified atom stereocenters. The van der Waals surface area contributed by atoms with Crippen molar-refractivity contribution in [3.63, 3.8) is 0 Å². The highest BCUT2D eigenvalue weighted by atomic mass is 16.2. The minimum atomic E-state index is -0.321. The van der Waals surface area contributed by atoms with Gasteiger partial charge in [-0.05, 0) is 20.9 Å². The summed E-state index contributed by atoms with van der Waals surface area (Å²) >= 11 is 0. The van der Waals surface area contributed by atoms with Crippen LogP contribution in [0.2, 0.25) is 0 Å². The maximum Gasteiger partial charge on any atom is 0.239 e. The number of nitrogens with one attached hydrogen (secondary N) is 1. The van der Waals surface area contributed by atoms with E-state index in [0.717, 1.165) is 13.1 Å². The van der Waals surface area contributed by atoms with Gasteiger partial charge in [0.1, 0.15) is 0 Å². The summed E-state index contributed by atoms with van der Waals surface area (Å²) in [4.78, 5) is 13.2. The van der Waals surface area contributed by atoms with Crippen molar-refractivity contribution in [3.8, 4) is 0 Å². The zero-order valence-corrected chi connectivity index (χ0v) is 9.34. The van der Waals surface area contributed by atoms with Crippen LogP contribution < -0.4 is 16.8 Å². The summed E-state index contributed by atoms with van der Waals surface area (Å²) in [5.41, 5.74) is 9.48. The SMILES string of the molecule is CN1CCNC(=O)C1(C)C.NCCN. The molecule has 1 rings (SSSR count). The van der Waals surface area contributed by atoms with Crippen molar-refractivity contribution < 1.29 is 4.79 Å². The van der Waals surface area contributed by atoms with E-state index >= 15 is 0 Å². The molecule has 0 atom stereocenters. The second-order valence-electron chi connectivity index (χ2n) is 3.81. The van der Waals surface area contributed by atoms with Crippen molar-refractivity contribution >= 4 is 5.91 Å². The Hall–Kier alpha value is -0.650. The first-order valence-electron chi connectivity index (χ1n) is 4.86. The number of nitrogens with zero attached hydrogens (tertiary/aromatic N) is 1. The Labute approximate surface area is 85.8 Å². The van der Waals surface area contributed by atoms with Gasteiger partial charge in [0.25, 0.3) is 0 Å². The predicted octanol–water partition coefficient (Wildman–Crippen LogP) is -1.27. The van der Waals surface area contributed by atoms with Gasteiger partial charge >= 0.3 is 0 Å². The Kier molecular flexibility index (Phi) is 5.68. The molecule has 0 aliphatic carbocycles. The lowest BCUT2D eigenvalue weighted by Gasteiger charge is -2.38. The van der Waals surface area contributed by atoms with Crippen molar-refractivity contribution in [3.05, 3.63) is 0 Å². The van der Waals surface area contributed by atoms with Gasteiger partial charge in [-0.15, -0.1) is 0 Å². The molecular formula is C9H22N4O. The molecular weight excluding hydrogens is 180 g/mol. The summed E-state index contributed by atoms with van der Waals surface area (Å²) in [6.07, 6.45) is 0. The lowest BCUT2D eigenvalue weighted by molar-refractivity contribution is -0.133. The summed E-state index contributed by atoms with van der Waals surface area (Å²) in [5.74, 6) is 0.126. The van der Waals surface area contributed by atoms with Crippen LogP contribution in [0.15, 0.2) is 0 Å². The number of amides is 1. The molecule has 1 heterocycles. The summed E-state index contributed by atoms with van der Waals surface area (Å²) < 4.78 is 0. The van der Waals surface area contributed by atoms with E-state index < -0.39 is 0 Å². The van der Waals surface area contributed by atoms with E-state index in [9.17, 15) is 4.79 Å². The van der Waals surface area contributed by atoms with Crippen LogP contribution in [0.5, 0.6) is 0 Å². The zero-order valence-electron chi connectivity index (χ0n) is 9.34. The molecule has 14 heavy (non-hydrogen) atoms. The van der Waals surface area contributed by atoms with Gasteiger partial charge in [0.15, 0.2) is 0 Å².